The van der Waals surface area contributed by atoms with E-state index in [0.717, 1.165) is 5.56 Å². The van der Waals surface area contributed by atoms with Gasteiger partial charge in [0, 0.05) is 6.04 Å². The average molecular weight is 231 g/mol. The monoisotopic (exact) mass is 230 g/mol. The van der Waals surface area contributed by atoms with Gasteiger partial charge in [-0.05, 0) is 30.7 Å². The van der Waals surface area contributed by atoms with Gasteiger partial charge in [-0.25, -0.2) is 4.79 Å². The zero-order valence-electron chi connectivity index (χ0n) is 8.22. The van der Waals surface area contributed by atoms with Crippen LogP contribution in [0.3, 0.4) is 0 Å². The van der Waals surface area contributed by atoms with E-state index in [0.29, 0.717) is 13.0 Å². The van der Waals surface area contributed by atoms with E-state index in [4.69, 9.17) is 16.6 Å². The molecule has 0 aromatic heterocycles. The topological polar surface area (TPSA) is 89.3 Å². The molecule has 15 heavy (non-hydrogen) atoms. The van der Waals surface area contributed by atoms with Gasteiger partial charge < -0.3 is 16.6 Å². The van der Waals surface area contributed by atoms with Crippen molar-refractivity contribution in [3.63, 3.8) is 0 Å². The Morgan fingerprint density at radius 3 is 2.27 bits per heavy atom. The lowest BCUT2D eigenvalue weighted by molar-refractivity contribution is 0.0697. The molecule has 1 atom stereocenters. The second-order valence-corrected chi connectivity index (χ2v) is 3.11. The lowest BCUT2D eigenvalue weighted by Crippen LogP contribution is -2.15. The molecule has 0 radical (unpaired) electrons. The van der Waals surface area contributed by atoms with Gasteiger partial charge in [0.2, 0.25) is 0 Å². The second kappa shape index (κ2) is 6.40. The van der Waals surface area contributed by atoms with Gasteiger partial charge in [0.05, 0.1) is 5.56 Å². The minimum atomic E-state index is -0.927. The van der Waals surface area contributed by atoms with Crippen molar-refractivity contribution in [3.8, 4) is 0 Å². The van der Waals surface area contributed by atoms with Crippen LogP contribution in [-0.2, 0) is 0 Å². The van der Waals surface area contributed by atoms with Crippen LogP contribution in [0.5, 0.6) is 0 Å². The van der Waals surface area contributed by atoms with E-state index in [1.807, 2.05) is 0 Å². The molecule has 0 aliphatic rings. The maximum atomic E-state index is 10.6. The van der Waals surface area contributed by atoms with Crippen LogP contribution in [0.15, 0.2) is 24.3 Å². The van der Waals surface area contributed by atoms with Crippen molar-refractivity contribution in [2.45, 2.75) is 12.5 Å². The maximum Gasteiger partial charge on any atom is 0.335 e. The SMILES string of the molecule is Cl.NCC[C@H](N)c1ccc(C(=O)O)cc1. The highest BCUT2D eigenvalue weighted by Crippen LogP contribution is 2.13. The van der Waals surface area contributed by atoms with E-state index >= 15 is 0 Å². The van der Waals surface area contributed by atoms with Crippen LogP contribution in [0.2, 0.25) is 0 Å². The van der Waals surface area contributed by atoms with Crippen LogP contribution in [0.4, 0.5) is 0 Å². The molecule has 5 heteroatoms. The molecule has 84 valence electrons. The third kappa shape index (κ3) is 3.87. The Morgan fingerprint density at radius 2 is 1.87 bits per heavy atom. The van der Waals surface area contributed by atoms with E-state index in [-0.39, 0.29) is 24.0 Å². The highest BCUT2D eigenvalue weighted by atomic mass is 35.5. The maximum absolute atomic E-state index is 10.6. The minimum absolute atomic E-state index is 0. The third-order valence-electron chi connectivity index (χ3n) is 2.06. The number of hydrogen-bond donors (Lipinski definition) is 3. The molecule has 5 N–H and O–H groups in total. The number of aromatic carboxylic acids is 1. The largest absolute Gasteiger partial charge is 0.478 e. The predicted molar refractivity (Wildman–Crippen MR) is 61.2 cm³/mol. The fraction of sp³-hybridized carbons (Fsp3) is 0.300. The molecule has 0 heterocycles. The van der Waals surface area contributed by atoms with Gasteiger partial charge in [-0.1, -0.05) is 12.1 Å². The average Bonchev–Trinajstić information content (AvgIpc) is 2.18. The van der Waals surface area contributed by atoms with Crippen LogP contribution < -0.4 is 11.5 Å². The van der Waals surface area contributed by atoms with Crippen molar-refractivity contribution in [2.24, 2.45) is 11.5 Å². The van der Waals surface area contributed by atoms with Gasteiger partial charge in [-0.15, -0.1) is 12.4 Å². The van der Waals surface area contributed by atoms with Gasteiger partial charge in [0.15, 0.2) is 0 Å². The fourth-order valence-electron chi connectivity index (χ4n) is 1.22. The molecule has 1 rings (SSSR count). The number of nitrogens with two attached hydrogens (primary N) is 2. The Labute approximate surface area is 94.7 Å². The number of rotatable bonds is 4. The summed E-state index contributed by atoms with van der Waals surface area (Å²) >= 11 is 0. The number of carboxylic acid groups (broad SMARTS) is 1. The molecule has 0 aliphatic heterocycles. The molecule has 0 spiro atoms. The summed E-state index contributed by atoms with van der Waals surface area (Å²) in [6.07, 6.45) is 0.701. The molecule has 0 aliphatic carbocycles. The molecule has 0 bridgehead atoms. The first kappa shape index (κ1) is 13.9. The number of halogens is 1. The van der Waals surface area contributed by atoms with Crippen molar-refractivity contribution in [2.75, 3.05) is 6.54 Å². The van der Waals surface area contributed by atoms with E-state index < -0.39 is 5.97 Å². The lowest BCUT2D eigenvalue weighted by atomic mass is 10.0. The molecule has 0 saturated heterocycles. The molecule has 0 saturated carbocycles. The zero-order chi connectivity index (χ0) is 10.6. The summed E-state index contributed by atoms with van der Waals surface area (Å²) in [5, 5.41) is 8.67. The van der Waals surface area contributed by atoms with E-state index in [9.17, 15) is 4.79 Å². The van der Waals surface area contributed by atoms with Gasteiger partial charge in [0.25, 0.3) is 0 Å². The molecule has 4 nitrogen and oxygen atoms in total. The highest BCUT2D eigenvalue weighted by Gasteiger charge is 2.06. The Hall–Kier alpha value is -1.10. The van der Waals surface area contributed by atoms with Gasteiger partial charge in [-0.3, -0.25) is 0 Å². The second-order valence-electron chi connectivity index (χ2n) is 3.11. The molecule has 1 aromatic carbocycles. The quantitative estimate of drug-likeness (QED) is 0.724. The highest BCUT2D eigenvalue weighted by molar-refractivity contribution is 5.87. The number of carbonyl (C=O) groups is 1. The number of benzene rings is 1. The molecule has 0 amide bonds. The van der Waals surface area contributed by atoms with Crippen molar-refractivity contribution < 1.29 is 9.90 Å². The molecule has 1 aromatic rings. The summed E-state index contributed by atoms with van der Waals surface area (Å²) in [5.74, 6) is -0.927. The first-order chi connectivity index (χ1) is 6.65. The van der Waals surface area contributed by atoms with Crippen LogP contribution in [-0.4, -0.2) is 17.6 Å². The first-order valence-electron chi connectivity index (χ1n) is 4.44. The molecule has 0 unspecified atom stereocenters. The third-order valence-corrected chi connectivity index (χ3v) is 2.06. The predicted octanol–water partition coefficient (Wildman–Crippen LogP) is 1.16. The normalized spacial score (nSPS) is 11.6. The van der Waals surface area contributed by atoms with Crippen LogP contribution in [0.25, 0.3) is 0 Å². The summed E-state index contributed by atoms with van der Waals surface area (Å²) in [7, 11) is 0. The standard InChI is InChI=1S/C10H14N2O2.ClH/c11-6-5-9(12)7-1-3-8(4-2-7)10(13)14;/h1-4,9H,5-6,11-12H2,(H,13,14);1H/t9-;/m0./s1. The van der Waals surface area contributed by atoms with Gasteiger partial charge in [-0.2, -0.15) is 0 Å². The van der Waals surface area contributed by atoms with E-state index in [2.05, 4.69) is 0 Å². The van der Waals surface area contributed by atoms with Crippen LogP contribution in [0.1, 0.15) is 28.4 Å². The van der Waals surface area contributed by atoms with Crippen LogP contribution in [0, 0.1) is 0 Å². The Kier molecular flexibility index (Phi) is 5.93. The van der Waals surface area contributed by atoms with Crippen molar-refractivity contribution in [1.29, 1.82) is 0 Å². The Bertz CT molecular complexity index is 314. The summed E-state index contributed by atoms with van der Waals surface area (Å²) in [4.78, 5) is 10.6. The molecular weight excluding hydrogens is 216 g/mol. The van der Waals surface area contributed by atoms with Gasteiger partial charge >= 0.3 is 5.97 Å². The molecular formula is C10H15ClN2O2. The van der Waals surface area contributed by atoms with E-state index in [1.54, 1.807) is 24.3 Å². The number of hydrogen-bond acceptors (Lipinski definition) is 3. The van der Waals surface area contributed by atoms with Crippen LogP contribution >= 0.6 is 12.4 Å². The summed E-state index contributed by atoms with van der Waals surface area (Å²) in [6.45, 7) is 0.530. The lowest BCUT2D eigenvalue weighted by Gasteiger charge is -2.10. The van der Waals surface area contributed by atoms with Crippen molar-refractivity contribution in [1.82, 2.24) is 0 Å². The van der Waals surface area contributed by atoms with Crippen molar-refractivity contribution in [3.05, 3.63) is 35.4 Å². The summed E-state index contributed by atoms with van der Waals surface area (Å²) < 4.78 is 0. The Morgan fingerprint density at radius 1 is 1.33 bits per heavy atom. The Balaban J connectivity index is 0.00000196. The zero-order valence-corrected chi connectivity index (χ0v) is 9.04. The van der Waals surface area contributed by atoms with Crippen molar-refractivity contribution >= 4 is 18.4 Å². The molecule has 0 fully saturated rings. The van der Waals surface area contributed by atoms with E-state index in [1.165, 1.54) is 0 Å². The first-order valence-corrected chi connectivity index (χ1v) is 4.44. The number of carboxylic acids is 1. The summed E-state index contributed by atoms with van der Waals surface area (Å²) in [6, 6.07) is 6.44. The smallest absolute Gasteiger partial charge is 0.335 e. The minimum Gasteiger partial charge on any atom is -0.478 e. The van der Waals surface area contributed by atoms with Gasteiger partial charge in [0.1, 0.15) is 0 Å². The fourth-order valence-corrected chi connectivity index (χ4v) is 1.22. The summed E-state index contributed by atoms with van der Waals surface area (Å²) in [5.41, 5.74) is 12.4.